The number of nitrogens with zero attached hydrogens (tertiary/aromatic N) is 1. The van der Waals surface area contributed by atoms with Crippen LogP contribution in [-0.4, -0.2) is 23.3 Å². The van der Waals surface area contributed by atoms with Crippen molar-refractivity contribution in [2.45, 2.75) is 6.42 Å². The average molecular weight is 191 g/mol. The van der Waals surface area contributed by atoms with Gasteiger partial charge in [0.1, 0.15) is 11.5 Å². The van der Waals surface area contributed by atoms with Crippen molar-refractivity contribution < 1.29 is 14.7 Å². The number of carbonyl (C=O) groups excluding carboxylic acids is 1. The predicted octanol–water partition coefficient (Wildman–Crippen LogP) is 1.48. The molecular weight excluding hydrogens is 182 g/mol. The molecule has 1 aliphatic rings. The number of carbonyl (C=O) groups is 1. The first-order valence-electron chi connectivity index (χ1n) is 4.30. The third-order valence-corrected chi connectivity index (χ3v) is 2.11. The molecule has 0 amide bonds. The van der Waals surface area contributed by atoms with Gasteiger partial charge in [-0.1, -0.05) is 17.3 Å². The molecule has 1 aliphatic heterocycles. The highest BCUT2D eigenvalue weighted by Gasteiger charge is 2.22. The number of rotatable bonds is 0. The molecule has 1 aromatic rings. The number of para-hydroxylation sites is 1. The standard InChI is InChI=1S/C10H9NO3/c12-10-7-3-1-2-4-9(7)14-6-5-8(10)11-13/h1-4,13H,5-6H2. The van der Waals surface area contributed by atoms with Crippen LogP contribution in [-0.2, 0) is 0 Å². The maximum atomic E-state index is 11.7. The fourth-order valence-corrected chi connectivity index (χ4v) is 1.40. The average Bonchev–Trinajstić information content (AvgIpc) is 2.39. The lowest BCUT2D eigenvalue weighted by molar-refractivity contribution is 0.106. The van der Waals surface area contributed by atoms with Crippen molar-refractivity contribution in [3.8, 4) is 5.75 Å². The summed E-state index contributed by atoms with van der Waals surface area (Å²) >= 11 is 0. The van der Waals surface area contributed by atoms with Gasteiger partial charge in [0.05, 0.1) is 12.2 Å². The van der Waals surface area contributed by atoms with E-state index in [0.29, 0.717) is 24.3 Å². The Hall–Kier alpha value is -1.84. The van der Waals surface area contributed by atoms with E-state index in [1.165, 1.54) is 0 Å². The van der Waals surface area contributed by atoms with Crippen molar-refractivity contribution in [3.05, 3.63) is 29.8 Å². The van der Waals surface area contributed by atoms with E-state index in [1.54, 1.807) is 24.3 Å². The third-order valence-electron chi connectivity index (χ3n) is 2.11. The first-order chi connectivity index (χ1) is 6.83. The van der Waals surface area contributed by atoms with Gasteiger partial charge in [0.2, 0.25) is 5.78 Å². The van der Waals surface area contributed by atoms with Gasteiger partial charge in [0.25, 0.3) is 0 Å². The lowest BCUT2D eigenvalue weighted by Crippen LogP contribution is -2.13. The summed E-state index contributed by atoms with van der Waals surface area (Å²) in [5.41, 5.74) is 0.604. The molecule has 0 unspecified atom stereocenters. The summed E-state index contributed by atoms with van der Waals surface area (Å²) in [6.45, 7) is 0.363. The monoisotopic (exact) mass is 191 g/mol. The minimum atomic E-state index is -0.263. The number of oxime groups is 1. The Morgan fingerprint density at radius 2 is 2.14 bits per heavy atom. The van der Waals surface area contributed by atoms with Crippen LogP contribution in [0.15, 0.2) is 29.4 Å². The second kappa shape index (κ2) is 3.49. The van der Waals surface area contributed by atoms with Crippen molar-refractivity contribution in [3.63, 3.8) is 0 Å². The number of benzene rings is 1. The van der Waals surface area contributed by atoms with Gasteiger partial charge in [-0.15, -0.1) is 0 Å². The normalized spacial score (nSPS) is 18.6. The van der Waals surface area contributed by atoms with Crippen LogP contribution >= 0.6 is 0 Å². The maximum Gasteiger partial charge on any atom is 0.214 e. The number of hydrogen-bond acceptors (Lipinski definition) is 4. The fourth-order valence-electron chi connectivity index (χ4n) is 1.40. The van der Waals surface area contributed by atoms with E-state index in [9.17, 15) is 4.79 Å². The molecule has 0 atom stereocenters. The summed E-state index contributed by atoms with van der Waals surface area (Å²) in [6, 6.07) is 6.94. The van der Waals surface area contributed by atoms with E-state index >= 15 is 0 Å². The summed E-state index contributed by atoms with van der Waals surface area (Å²) in [5.74, 6) is 0.289. The molecule has 0 fully saturated rings. The Morgan fingerprint density at radius 3 is 2.93 bits per heavy atom. The molecule has 2 rings (SSSR count). The SMILES string of the molecule is O=C1C(=NO)CCOc2ccccc21. The van der Waals surface area contributed by atoms with Crippen LogP contribution in [0.4, 0.5) is 0 Å². The van der Waals surface area contributed by atoms with E-state index in [-0.39, 0.29) is 11.5 Å². The van der Waals surface area contributed by atoms with Gasteiger partial charge in [-0.05, 0) is 12.1 Å². The molecule has 1 aromatic carbocycles. The van der Waals surface area contributed by atoms with Crippen molar-refractivity contribution in [1.82, 2.24) is 0 Å². The predicted molar refractivity (Wildman–Crippen MR) is 50.1 cm³/mol. The van der Waals surface area contributed by atoms with Gasteiger partial charge in [-0.3, -0.25) is 4.79 Å². The van der Waals surface area contributed by atoms with Crippen LogP contribution in [0.3, 0.4) is 0 Å². The summed E-state index contributed by atoms with van der Waals surface area (Å²) in [4.78, 5) is 11.7. The van der Waals surface area contributed by atoms with Crippen LogP contribution in [0.2, 0.25) is 0 Å². The quantitative estimate of drug-likeness (QED) is 0.499. The van der Waals surface area contributed by atoms with Crippen molar-refractivity contribution in [1.29, 1.82) is 0 Å². The Kier molecular flexibility index (Phi) is 2.18. The molecule has 0 saturated heterocycles. The molecule has 4 nitrogen and oxygen atoms in total. The number of fused-ring (bicyclic) bond motifs is 1. The van der Waals surface area contributed by atoms with Crippen molar-refractivity contribution in [2.24, 2.45) is 5.16 Å². The highest BCUT2D eigenvalue weighted by Crippen LogP contribution is 2.22. The van der Waals surface area contributed by atoms with E-state index < -0.39 is 0 Å². The van der Waals surface area contributed by atoms with Gasteiger partial charge >= 0.3 is 0 Å². The number of Topliss-reactive ketones (excluding diaryl/α,β-unsaturated/α-hetero) is 1. The minimum Gasteiger partial charge on any atom is -0.492 e. The molecule has 0 spiro atoms. The van der Waals surface area contributed by atoms with E-state index in [1.807, 2.05) is 0 Å². The van der Waals surface area contributed by atoms with Gasteiger partial charge in [0, 0.05) is 6.42 Å². The number of ether oxygens (including phenoxy) is 1. The van der Waals surface area contributed by atoms with E-state index in [0.717, 1.165) is 0 Å². The van der Waals surface area contributed by atoms with Gasteiger partial charge in [-0.25, -0.2) is 0 Å². The van der Waals surface area contributed by atoms with Gasteiger partial charge < -0.3 is 9.94 Å². The summed E-state index contributed by atoms with van der Waals surface area (Å²) in [7, 11) is 0. The smallest absolute Gasteiger partial charge is 0.214 e. The number of ketones is 1. The largest absolute Gasteiger partial charge is 0.492 e. The minimum absolute atomic E-state index is 0.148. The van der Waals surface area contributed by atoms with Crippen LogP contribution in [0, 0.1) is 0 Å². The molecule has 4 heteroatoms. The molecule has 1 heterocycles. The van der Waals surface area contributed by atoms with Crippen LogP contribution < -0.4 is 4.74 Å². The first kappa shape index (κ1) is 8.74. The zero-order valence-electron chi connectivity index (χ0n) is 7.43. The van der Waals surface area contributed by atoms with Crippen molar-refractivity contribution >= 4 is 11.5 Å². The molecule has 0 aromatic heterocycles. The first-order valence-corrected chi connectivity index (χ1v) is 4.30. The maximum absolute atomic E-state index is 11.7. The van der Waals surface area contributed by atoms with Gasteiger partial charge in [0.15, 0.2) is 0 Å². The molecule has 72 valence electrons. The van der Waals surface area contributed by atoms with Gasteiger partial charge in [-0.2, -0.15) is 0 Å². The molecule has 0 saturated carbocycles. The fraction of sp³-hybridized carbons (Fsp3) is 0.200. The van der Waals surface area contributed by atoms with E-state index in [2.05, 4.69) is 5.16 Å². The van der Waals surface area contributed by atoms with Crippen LogP contribution in [0.1, 0.15) is 16.8 Å². The van der Waals surface area contributed by atoms with Crippen LogP contribution in [0.25, 0.3) is 0 Å². The molecule has 0 radical (unpaired) electrons. The highest BCUT2D eigenvalue weighted by molar-refractivity contribution is 6.46. The molecule has 14 heavy (non-hydrogen) atoms. The zero-order valence-corrected chi connectivity index (χ0v) is 7.43. The Morgan fingerprint density at radius 1 is 1.36 bits per heavy atom. The molecule has 0 bridgehead atoms. The molecule has 0 aliphatic carbocycles. The third kappa shape index (κ3) is 1.35. The Balaban J connectivity index is 2.50. The van der Waals surface area contributed by atoms with E-state index in [4.69, 9.17) is 9.94 Å². The second-order valence-corrected chi connectivity index (χ2v) is 2.97. The van der Waals surface area contributed by atoms with Crippen molar-refractivity contribution in [2.75, 3.05) is 6.61 Å². The molecular formula is C10H9NO3. The van der Waals surface area contributed by atoms with Crippen LogP contribution in [0.5, 0.6) is 5.75 Å². The summed E-state index contributed by atoms with van der Waals surface area (Å²) < 4.78 is 5.34. The number of hydrogen-bond donors (Lipinski definition) is 1. The zero-order chi connectivity index (χ0) is 9.97. The molecule has 1 N–H and O–H groups in total. The summed E-state index contributed by atoms with van der Waals surface area (Å²) in [5, 5.41) is 11.6. The highest BCUT2D eigenvalue weighted by atomic mass is 16.5. The Bertz CT molecular complexity index is 398. The summed E-state index contributed by atoms with van der Waals surface area (Å²) in [6.07, 6.45) is 0.337. The lowest BCUT2D eigenvalue weighted by Gasteiger charge is -2.03. The second-order valence-electron chi connectivity index (χ2n) is 2.97. The topological polar surface area (TPSA) is 58.9 Å². The lowest BCUT2D eigenvalue weighted by atomic mass is 10.1. The Labute approximate surface area is 80.8 Å².